The van der Waals surface area contributed by atoms with Crippen molar-refractivity contribution in [1.82, 2.24) is 4.90 Å². The summed E-state index contributed by atoms with van der Waals surface area (Å²) in [4.78, 5) is 13.8. The van der Waals surface area contributed by atoms with E-state index in [2.05, 4.69) is 4.90 Å². The Kier molecular flexibility index (Phi) is 5.44. The van der Waals surface area contributed by atoms with Crippen molar-refractivity contribution in [3.05, 3.63) is 69.7 Å². The molecule has 24 heavy (non-hydrogen) atoms. The Bertz CT molecular complexity index is 718. The molecule has 1 aliphatic rings. The van der Waals surface area contributed by atoms with E-state index in [1.165, 1.54) is 0 Å². The van der Waals surface area contributed by atoms with Crippen molar-refractivity contribution in [3.8, 4) is 0 Å². The smallest absolute Gasteiger partial charge is 0.320 e. The second-order valence-electron chi connectivity index (χ2n) is 6.10. The molecule has 1 aliphatic heterocycles. The third-order valence-electron chi connectivity index (χ3n) is 4.51. The van der Waals surface area contributed by atoms with Gasteiger partial charge < -0.3 is 5.11 Å². The van der Waals surface area contributed by atoms with E-state index < -0.39 is 12.0 Å². The van der Waals surface area contributed by atoms with Crippen LogP contribution in [0.1, 0.15) is 36.4 Å². The molecule has 3 nitrogen and oxygen atoms in total. The second kappa shape index (κ2) is 7.56. The quantitative estimate of drug-likeness (QED) is 0.828. The molecule has 2 atom stereocenters. The molecule has 126 valence electrons. The lowest BCUT2D eigenvalue weighted by molar-refractivity contribution is -0.145. The Morgan fingerprint density at radius 3 is 2.46 bits per heavy atom. The molecule has 0 spiro atoms. The molecule has 3 rings (SSSR count). The first-order valence-corrected chi connectivity index (χ1v) is 8.81. The van der Waals surface area contributed by atoms with Crippen molar-refractivity contribution in [2.24, 2.45) is 0 Å². The van der Waals surface area contributed by atoms with Gasteiger partial charge in [-0.15, -0.1) is 0 Å². The van der Waals surface area contributed by atoms with Crippen LogP contribution in [-0.2, 0) is 4.79 Å². The number of hydrogen-bond acceptors (Lipinski definition) is 2. The highest BCUT2D eigenvalue weighted by Crippen LogP contribution is 2.35. The number of piperidine rings is 1. The Hall–Kier alpha value is -1.55. The van der Waals surface area contributed by atoms with Crippen molar-refractivity contribution >= 4 is 29.2 Å². The predicted octanol–water partition coefficient (Wildman–Crippen LogP) is 5.02. The van der Waals surface area contributed by atoms with Gasteiger partial charge in [0.1, 0.15) is 6.04 Å². The summed E-state index contributed by atoms with van der Waals surface area (Å²) < 4.78 is 0. The Labute approximate surface area is 151 Å². The predicted molar refractivity (Wildman–Crippen MR) is 96.7 cm³/mol. The van der Waals surface area contributed by atoms with Crippen molar-refractivity contribution in [1.29, 1.82) is 0 Å². The normalized spacial score (nSPS) is 19.8. The molecule has 2 unspecified atom stereocenters. The number of halogens is 2. The van der Waals surface area contributed by atoms with Crippen LogP contribution >= 0.6 is 23.2 Å². The van der Waals surface area contributed by atoms with E-state index >= 15 is 0 Å². The maximum atomic E-state index is 11.8. The van der Waals surface area contributed by atoms with Crippen molar-refractivity contribution in [2.45, 2.75) is 31.3 Å². The maximum Gasteiger partial charge on any atom is 0.320 e. The van der Waals surface area contributed by atoms with Crippen LogP contribution in [0.3, 0.4) is 0 Å². The number of aliphatic carboxylic acids is 1. The van der Waals surface area contributed by atoms with Crippen LogP contribution in [0.4, 0.5) is 0 Å². The first kappa shape index (κ1) is 17.3. The van der Waals surface area contributed by atoms with Crippen LogP contribution in [0.2, 0.25) is 10.0 Å². The van der Waals surface area contributed by atoms with E-state index in [1.54, 1.807) is 0 Å². The van der Waals surface area contributed by atoms with Crippen LogP contribution in [0.5, 0.6) is 0 Å². The number of benzene rings is 2. The number of likely N-dealkylation sites (tertiary alicyclic amines) is 1. The largest absolute Gasteiger partial charge is 0.480 e. The number of carboxylic acid groups (broad SMARTS) is 1. The molecule has 0 aromatic heterocycles. The number of rotatable bonds is 4. The maximum absolute atomic E-state index is 11.8. The number of carbonyl (C=O) groups is 1. The van der Waals surface area contributed by atoms with E-state index in [4.69, 9.17) is 23.2 Å². The molecule has 0 saturated carbocycles. The van der Waals surface area contributed by atoms with Gasteiger partial charge in [0.05, 0.1) is 6.04 Å². The van der Waals surface area contributed by atoms with Gasteiger partial charge in [-0.1, -0.05) is 53.9 Å². The van der Waals surface area contributed by atoms with Crippen LogP contribution in [0, 0.1) is 0 Å². The molecule has 0 amide bonds. The fourth-order valence-corrected chi connectivity index (χ4v) is 3.75. The standard InChI is InChI=1S/C19H19Cl2NO2/c20-15-9-7-13(8-10-15)18(14-4-3-5-16(21)12-14)22-11-2-1-6-17(22)19(23)24/h3-5,7-10,12,17-18H,1-2,6,11H2,(H,23,24). The fourth-order valence-electron chi connectivity index (χ4n) is 3.43. The summed E-state index contributed by atoms with van der Waals surface area (Å²) in [5, 5.41) is 11.0. The zero-order valence-electron chi connectivity index (χ0n) is 13.2. The minimum Gasteiger partial charge on any atom is -0.480 e. The van der Waals surface area contributed by atoms with Gasteiger partial charge in [0.15, 0.2) is 0 Å². The van der Waals surface area contributed by atoms with Crippen LogP contribution in [-0.4, -0.2) is 28.6 Å². The molecule has 2 aromatic rings. The lowest BCUT2D eigenvalue weighted by Crippen LogP contribution is -2.46. The van der Waals surface area contributed by atoms with Crippen molar-refractivity contribution in [2.75, 3.05) is 6.54 Å². The molecule has 0 aliphatic carbocycles. The van der Waals surface area contributed by atoms with E-state index in [1.807, 2.05) is 48.5 Å². The van der Waals surface area contributed by atoms with Gasteiger partial charge in [-0.3, -0.25) is 9.69 Å². The fraction of sp³-hybridized carbons (Fsp3) is 0.316. The Morgan fingerprint density at radius 1 is 1.04 bits per heavy atom. The summed E-state index contributed by atoms with van der Waals surface area (Å²) in [6.45, 7) is 0.747. The third kappa shape index (κ3) is 3.75. The highest BCUT2D eigenvalue weighted by atomic mass is 35.5. The second-order valence-corrected chi connectivity index (χ2v) is 6.97. The Morgan fingerprint density at radius 2 is 1.79 bits per heavy atom. The van der Waals surface area contributed by atoms with E-state index in [0.29, 0.717) is 16.5 Å². The molecule has 1 heterocycles. The van der Waals surface area contributed by atoms with E-state index in [9.17, 15) is 9.90 Å². The number of nitrogens with zero attached hydrogens (tertiary/aromatic N) is 1. The van der Waals surface area contributed by atoms with Gasteiger partial charge in [0, 0.05) is 10.0 Å². The lowest BCUT2D eigenvalue weighted by Gasteiger charge is -2.39. The summed E-state index contributed by atoms with van der Waals surface area (Å²) in [6, 6.07) is 14.6. The Balaban J connectivity index is 2.07. The van der Waals surface area contributed by atoms with Crippen LogP contribution in [0.15, 0.2) is 48.5 Å². The average molecular weight is 364 g/mol. The van der Waals surface area contributed by atoms with Gasteiger partial charge in [0.2, 0.25) is 0 Å². The van der Waals surface area contributed by atoms with Gasteiger partial charge in [-0.25, -0.2) is 0 Å². The van der Waals surface area contributed by atoms with Gasteiger partial charge in [-0.2, -0.15) is 0 Å². The zero-order valence-corrected chi connectivity index (χ0v) is 14.7. The summed E-state index contributed by atoms with van der Waals surface area (Å²) in [5.74, 6) is -0.768. The number of hydrogen-bond donors (Lipinski definition) is 1. The molecule has 0 radical (unpaired) electrons. The summed E-state index contributed by atoms with van der Waals surface area (Å²) in [6.07, 6.45) is 2.60. The summed E-state index contributed by atoms with van der Waals surface area (Å²) in [5.41, 5.74) is 2.02. The molecule has 1 N–H and O–H groups in total. The first-order valence-electron chi connectivity index (χ1n) is 8.06. The molecule has 2 aromatic carbocycles. The van der Waals surface area contributed by atoms with Crippen molar-refractivity contribution in [3.63, 3.8) is 0 Å². The highest BCUT2D eigenvalue weighted by molar-refractivity contribution is 6.30. The zero-order chi connectivity index (χ0) is 17.1. The molecule has 5 heteroatoms. The molecule has 1 fully saturated rings. The minimum atomic E-state index is -0.768. The molecular formula is C19H19Cl2NO2. The molecular weight excluding hydrogens is 345 g/mol. The minimum absolute atomic E-state index is 0.151. The topological polar surface area (TPSA) is 40.5 Å². The van der Waals surface area contributed by atoms with E-state index in [-0.39, 0.29) is 6.04 Å². The third-order valence-corrected chi connectivity index (χ3v) is 5.00. The summed E-state index contributed by atoms with van der Waals surface area (Å²) >= 11 is 12.2. The lowest BCUT2D eigenvalue weighted by atomic mass is 9.92. The highest BCUT2D eigenvalue weighted by Gasteiger charge is 2.35. The van der Waals surface area contributed by atoms with Crippen LogP contribution in [0.25, 0.3) is 0 Å². The summed E-state index contributed by atoms with van der Waals surface area (Å²) in [7, 11) is 0. The van der Waals surface area contributed by atoms with Gasteiger partial charge >= 0.3 is 5.97 Å². The van der Waals surface area contributed by atoms with Gasteiger partial charge in [-0.05, 0) is 54.8 Å². The molecule has 0 bridgehead atoms. The van der Waals surface area contributed by atoms with Crippen LogP contribution < -0.4 is 0 Å². The van der Waals surface area contributed by atoms with Gasteiger partial charge in [0.25, 0.3) is 0 Å². The van der Waals surface area contributed by atoms with E-state index in [0.717, 1.165) is 30.5 Å². The monoisotopic (exact) mass is 363 g/mol. The average Bonchev–Trinajstić information content (AvgIpc) is 2.57. The first-order chi connectivity index (χ1) is 11.6. The molecule has 1 saturated heterocycles. The number of carboxylic acids is 1. The SMILES string of the molecule is O=C(O)C1CCCCN1C(c1ccc(Cl)cc1)c1cccc(Cl)c1. The van der Waals surface area contributed by atoms with Crippen molar-refractivity contribution < 1.29 is 9.90 Å².